The van der Waals surface area contributed by atoms with Crippen LogP contribution in [0.2, 0.25) is 0 Å². The van der Waals surface area contributed by atoms with Gasteiger partial charge in [0.15, 0.2) is 0 Å². The highest BCUT2D eigenvalue weighted by molar-refractivity contribution is 5.88. The molecule has 0 aromatic heterocycles. The second-order valence-electron chi connectivity index (χ2n) is 8.12. The Kier molecular flexibility index (Phi) is 8.57. The third-order valence-corrected chi connectivity index (χ3v) is 4.24. The Morgan fingerprint density at radius 2 is 1.52 bits per heavy atom. The summed E-state index contributed by atoms with van der Waals surface area (Å²) in [6, 6.07) is 15.6. The van der Waals surface area contributed by atoms with Crippen LogP contribution in [-0.4, -0.2) is 29.6 Å². The number of benzene rings is 2. The van der Waals surface area contributed by atoms with Gasteiger partial charge in [0.25, 0.3) is 5.91 Å². The molecule has 0 aliphatic heterocycles. The molecule has 0 heterocycles. The Labute approximate surface area is 182 Å². The van der Waals surface area contributed by atoms with Crippen LogP contribution in [0.3, 0.4) is 0 Å². The number of ether oxygens (including phenoxy) is 1. The number of carbonyl (C=O) groups is 3. The van der Waals surface area contributed by atoms with Crippen molar-refractivity contribution in [3.63, 3.8) is 0 Å². The first kappa shape index (κ1) is 23.9. The van der Waals surface area contributed by atoms with Crippen LogP contribution in [0.15, 0.2) is 54.6 Å². The lowest BCUT2D eigenvalue weighted by Gasteiger charge is -2.23. The van der Waals surface area contributed by atoms with Crippen LogP contribution in [-0.2, 0) is 33.7 Å². The van der Waals surface area contributed by atoms with Crippen LogP contribution in [0.25, 0.3) is 0 Å². The zero-order valence-electron chi connectivity index (χ0n) is 18.1. The number of hydrogen-bond donors (Lipinski definition) is 4. The summed E-state index contributed by atoms with van der Waals surface area (Å²) in [6.07, 6.45) is -0.383. The average molecular weight is 427 g/mol. The maximum atomic E-state index is 12.7. The molecule has 0 bridgehead atoms. The minimum absolute atomic E-state index is 0.0912. The van der Waals surface area contributed by atoms with E-state index in [0.29, 0.717) is 6.54 Å². The highest BCUT2D eigenvalue weighted by Gasteiger charge is 2.25. The molecule has 2 rings (SSSR count). The van der Waals surface area contributed by atoms with Gasteiger partial charge < -0.3 is 15.8 Å². The quantitative estimate of drug-likeness (QED) is 0.504. The van der Waals surface area contributed by atoms with Crippen LogP contribution < -0.4 is 21.9 Å². The van der Waals surface area contributed by atoms with Gasteiger partial charge >= 0.3 is 6.09 Å². The highest BCUT2D eigenvalue weighted by atomic mass is 16.6. The minimum atomic E-state index is -0.929. The number of amides is 3. The number of carbonyl (C=O) groups excluding carboxylic acids is 3. The van der Waals surface area contributed by atoms with Crippen LogP contribution >= 0.6 is 0 Å². The van der Waals surface area contributed by atoms with E-state index in [0.717, 1.165) is 16.7 Å². The molecule has 2 aromatic carbocycles. The molecule has 0 aliphatic rings. The molecule has 0 saturated heterocycles. The molecule has 0 fully saturated rings. The van der Waals surface area contributed by atoms with Crippen molar-refractivity contribution in [1.82, 2.24) is 16.2 Å². The molecular formula is C23H30N4O4. The lowest BCUT2D eigenvalue weighted by molar-refractivity contribution is -0.129. The first-order valence-electron chi connectivity index (χ1n) is 10.1. The number of hydrogen-bond acceptors (Lipinski definition) is 5. The fourth-order valence-corrected chi connectivity index (χ4v) is 2.75. The van der Waals surface area contributed by atoms with Crippen LogP contribution in [0.5, 0.6) is 0 Å². The van der Waals surface area contributed by atoms with Crippen LogP contribution in [0, 0.1) is 0 Å². The fourth-order valence-electron chi connectivity index (χ4n) is 2.75. The van der Waals surface area contributed by atoms with Crippen molar-refractivity contribution in [1.29, 1.82) is 0 Å². The van der Waals surface area contributed by atoms with Gasteiger partial charge in [-0.2, -0.15) is 0 Å². The molecule has 1 unspecified atom stereocenters. The maximum absolute atomic E-state index is 12.7. The predicted molar refractivity (Wildman–Crippen MR) is 118 cm³/mol. The summed E-state index contributed by atoms with van der Waals surface area (Å²) in [5, 5.41) is 2.57. The number of alkyl carbamates (subject to hydrolysis) is 1. The van der Waals surface area contributed by atoms with Gasteiger partial charge in [-0.25, -0.2) is 4.79 Å². The van der Waals surface area contributed by atoms with E-state index in [4.69, 9.17) is 10.5 Å². The van der Waals surface area contributed by atoms with E-state index in [1.807, 2.05) is 54.6 Å². The SMILES string of the molecule is CC(C)(C)OC(=O)NC(Cc1ccccc1)C(=O)NNC(=O)Cc1ccc(CN)cc1. The third-order valence-electron chi connectivity index (χ3n) is 4.24. The minimum Gasteiger partial charge on any atom is -0.444 e. The Balaban J connectivity index is 1.96. The first-order valence-corrected chi connectivity index (χ1v) is 10.1. The summed E-state index contributed by atoms with van der Waals surface area (Å²) in [6.45, 7) is 5.63. The zero-order valence-corrected chi connectivity index (χ0v) is 18.1. The van der Waals surface area contributed by atoms with Crippen molar-refractivity contribution in [2.75, 3.05) is 0 Å². The molecule has 0 aliphatic carbocycles. The number of nitrogens with one attached hydrogen (secondary N) is 3. The molecule has 0 spiro atoms. The number of nitrogens with two attached hydrogens (primary N) is 1. The van der Waals surface area contributed by atoms with Gasteiger partial charge in [0, 0.05) is 13.0 Å². The van der Waals surface area contributed by atoms with Crippen LogP contribution in [0.1, 0.15) is 37.5 Å². The smallest absolute Gasteiger partial charge is 0.408 e. The maximum Gasteiger partial charge on any atom is 0.408 e. The van der Waals surface area contributed by atoms with Crippen molar-refractivity contribution >= 4 is 17.9 Å². The van der Waals surface area contributed by atoms with Gasteiger partial charge in [-0.05, 0) is 37.5 Å². The average Bonchev–Trinajstić information content (AvgIpc) is 2.71. The van der Waals surface area contributed by atoms with E-state index in [-0.39, 0.29) is 18.7 Å². The molecule has 8 nitrogen and oxygen atoms in total. The second-order valence-corrected chi connectivity index (χ2v) is 8.12. The highest BCUT2D eigenvalue weighted by Crippen LogP contribution is 2.09. The first-order chi connectivity index (χ1) is 14.7. The van der Waals surface area contributed by atoms with E-state index in [2.05, 4.69) is 16.2 Å². The Morgan fingerprint density at radius 3 is 2.10 bits per heavy atom. The van der Waals surface area contributed by atoms with Crippen molar-refractivity contribution in [2.45, 2.75) is 51.8 Å². The van der Waals surface area contributed by atoms with E-state index in [1.165, 1.54) is 0 Å². The lowest BCUT2D eigenvalue weighted by Crippen LogP contribution is -2.54. The molecule has 166 valence electrons. The summed E-state index contributed by atoms with van der Waals surface area (Å²) in [5.74, 6) is -0.939. The zero-order chi connectivity index (χ0) is 22.9. The number of hydrazine groups is 1. The normalized spacial score (nSPS) is 11.9. The van der Waals surface area contributed by atoms with Gasteiger partial charge in [0.1, 0.15) is 11.6 Å². The Morgan fingerprint density at radius 1 is 0.903 bits per heavy atom. The molecule has 3 amide bonds. The van der Waals surface area contributed by atoms with E-state index in [1.54, 1.807) is 20.8 Å². The lowest BCUT2D eigenvalue weighted by atomic mass is 10.1. The molecule has 2 aromatic rings. The van der Waals surface area contributed by atoms with E-state index < -0.39 is 23.6 Å². The molecule has 8 heteroatoms. The summed E-state index contributed by atoms with van der Waals surface area (Å²) in [4.78, 5) is 37.1. The van der Waals surface area contributed by atoms with Crippen molar-refractivity contribution in [3.8, 4) is 0 Å². The molecule has 5 N–H and O–H groups in total. The van der Waals surface area contributed by atoms with Crippen molar-refractivity contribution in [2.24, 2.45) is 5.73 Å². The van der Waals surface area contributed by atoms with Gasteiger partial charge in [-0.15, -0.1) is 0 Å². The van der Waals surface area contributed by atoms with Crippen LogP contribution in [0.4, 0.5) is 4.79 Å². The van der Waals surface area contributed by atoms with E-state index >= 15 is 0 Å². The molecule has 0 radical (unpaired) electrons. The second kappa shape index (κ2) is 11.1. The summed E-state index contributed by atoms with van der Waals surface area (Å²) >= 11 is 0. The van der Waals surface area contributed by atoms with Gasteiger partial charge in [-0.3, -0.25) is 20.4 Å². The van der Waals surface area contributed by atoms with Gasteiger partial charge in [-0.1, -0.05) is 54.6 Å². The monoisotopic (exact) mass is 426 g/mol. The Bertz CT molecular complexity index is 877. The van der Waals surface area contributed by atoms with E-state index in [9.17, 15) is 14.4 Å². The third kappa shape index (κ3) is 8.88. The molecule has 31 heavy (non-hydrogen) atoms. The molecule has 0 saturated carbocycles. The summed E-state index contributed by atoms with van der Waals surface area (Å²) in [5.41, 5.74) is 12.2. The van der Waals surface area contributed by atoms with Crippen molar-refractivity contribution < 1.29 is 19.1 Å². The molecular weight excluding hydrogens is 396 g/mol. The predicted octanol–water partition coefficient (Wildman–Crippen LogP) is 1.97. The summed E-state index contributed by atoms with van der Waals surface area (Å²) < 4.78 is 5.25. The molecule has 1 atom stereocenters. The number of rotatable bonds is 7. The largest absolute Gasteiger partial charge is 0.444 e. The van der Waals surface area contributed by atoms with Gasteiger partial charge in [0.2, 0.25) is 5.91 Å². The topological polar surface area (TPSA) is 123 Å². The standard InChI is InChI=1S/C23H30N4O4/c1-23(2,3)31-22(30)25-19(13-16-7-5-4-6-8-16)21(29)27-26-20(28)14-17-9-11-18(15-24)12-10-17/h4-12,19H,13-15,24H2,1-3H3,(H,25,30)(H,26,28)(H,27,29). The fraction of sp³-hybridized carbons (Fsp3) is 0.348. The van der Waals surface area contributed by atoms with Gasteiger partial charge in [0.05, 0.1) is 6.42 Å². The summed E-state index contributed by atoms with van der Waals surface area (Å²) in [7, 11) is 0. The van der Waals surface area contributed by atoms with Crippen molar-refractivity contribution in [3.05, 3.63) is 71.3 Å². The Hall–Kier alpha value is -3.39.